The van der Waals surface area contributed by atoms with E-state index in [4.69, 9.17) is 4.74 Å². The summed E-state index contributed by atoms with van der Waals surface area (Å²) in [6.07, 6.45) is -0.0276. The van der Waals surface area contributed by atoms with Crippen LogP contribution in [0.15, 0.2) is 23.1 Å². The van der Waals surface area contributed by atoms with Gasteiger partial charge < -0.3 is 10.1 Å². The van der Waals surface area contributed by atoms with Gasteiger partial charge in [-0.2, -0.15) is 0 Å². The molecule has 0 unspecified atom stereocenters. The molecule has 16 heavy (non-hydrogen) atoms. The number of benzene rings is 1. The Hall–Kier alpha value is -1.56. The Labute approximate surface area is 93.3 Å². The van der Waals surface area contributed by atoms with Gasteiger partial charge in [0.2, 0.25) is 5.91 Å². The van der Waals surface area contributed by atoms with Gasteiger partial charge >= 0.3 is 0 Å². The Morgan fingerprint density at radius 1 is 1.38 bits per heavy atom. The van der Waals surface area contributed by atoms with Crippen LogP contribution < -0.4 is 10.1 Å². The zero-order chi connectivity index (χ0) is 11.8. The second-order valence-electron chi connectivity index (χ2n) is 3.45. The van der Waals surface area contributed by atoms with Crippen LogP contribution in [-0.4, -0.2) is 27.2 Å². The summed E-state index contributed by atoms with van der Waals surface area (Å²) < 4.78 is 28.9. The predicted molar refractivity (Wildman–Crippen MR) is 58.3 cm³/mol. The van der Waals surface area contributed by atoms with Crippen LogP contribution in [0.1, 0.15) is 6.42 Å². The molecule has 0 aromatic heterocycles. The maximum Gasteiger partial charge on any atom is 0.225 e. The minimum Gasteiger partial charge on any atom is -0.495 e. The summed E-state index contributed by atoms with van der Waals surface area (Å²) in [5, 5.41) is 2.55. The van der Waals surface area contributed by atoms with Crippen LogP contribution in [-0.2, 0) is 14.6 Å². The molecular weight excluding hydrogens is 230 g/mol. The summed E-state index contributed by atoms with van der Waals surface area (Å²) in [5.41, 5.74) is 0.293. The first-order chi connectivity index (χ1) is 7.54. The molecule has 0 radical (unpaired) electrons. The SMILES string of the molecule is COc1cccc2c1S(=O)(=O)CCC(=O)N2. The van der Waals surface area contributed by atoms with Gasteiger partial charge in [0.1, 0.15) is 10.6 Å². The zero-order valence-electron chi connectivity index (χ0n) is 8.69. The highest BCUT2D eigenvalue weighted by Crippen LogP contribution is 2.34. The third kappa shape index (κ3) is 1.76. The molecule has 6 heteroatoms. The minimum absolute atomic E-state index is 0.0276. The van der Waals surface area contributed by atoms with Crippen LogP contribution in [0.25, 0.3) is 0 Å². The van der Waals surface area contributed by atoms with Gasteiger partial charge in [0, 0.05) is 6.42 Å². The van der Waals surface area contributed by atoms with Gasteiger partial charge in [-0.15, -0.1) is 0 Å². The van der Waals surface area contributed by atoms with Gasteiger partial charge in [-0.05, 0) is 12.1 Å². The van der Waals surface area contributed by atoms with Crippen molar-refractivity contribution in [2.75, 3.05) is 18.2 Å². The Morgan fingerprint density at radius 2 is 2.12 bits per heavy atom. The van der Waals surface area contributed by atoms with E-state index in [1.165, 1.54) is 7.11 Å². The Morgan fingerprint density at radius 3 is 2.81 bits per heavy atom. The standard InChI is InChI=1S/C10H11NO4S/c1-15-8-4-2-3-7-10(8)16(13,14)6-5-9(12)11-7/h2-4H,5-6H2,1H3,(H,11,12). The number of sulfone groups is 1. The molecule has 5 nitrogen and oxygen atoms in total. The molecule has 2 rings (SSSR count). The van der Waals surface area contributed by atoms with Crippen molar-refractivity contribution >= 4 is 21.4 Å². The maximum atomic E-state index is 11.9. The Bertz CT molecular complexity index is 536. The van der Waals surface area contributed by atoms with Crippen LogP contribution in [0.5, 0.6) is 5.75 Å². The zero-order valence-corrected chi connectivity index (χ0v) is 9.50. The normalized spacial score (nSPS) is 18.2. The quantitative estimate of drug-likeness (QED) is 0.789. The average Bonchev–Trinajstić information content (AvgIpc) is 2.36. The Kier molecular flexibility index (Phi) is 2.59. The molecule has 1 aromatic rings. The van der Waals surface area contributed by atoms with E-state index in [0.717, 1.165) is 0 Å². The molecule has 0 saturated heterocycles. The van der Waals surface area contributed by atoms with Crippen LogP contribution in [0, 0.1) is 0 Å². The monoisotopic (exact) mass is 241 g/mol. The number of rotatable bonds is 1. The van der Waals surface area contributed by atoms with Crippen molar-refractivity contribution in [3.63, 3.8) is 0 Å². The third-order valence-electron chi connectivity index (χ3n) is 2.38. The first-order valence-corrected chi connectivity index (χ1v) is 6.39. The van der Waals surface area contributed by atoms with Gasteiger partial charge in [0.05, 0.1) is 18.6 Å². The summed E-state index contributed by atoms with van der Waals surface area (Å²) in [7, 11) is -2.06. The Balaban J connectivity index is 2.71. The van der Waals surface area contributed by atoms with Gasteiger partial charge in [-0.25, -0.2) is 8.42 Å². The third-order valence-corrected chi connectivity index (χ3v) is 4.17. The van der Waals surface area contributed by atoms with E-state index in [2.05, 4.69) is 5.32 Å². The number of ether oxygens (including phenoxy) is 1. The van der Waals surface area contributed by atoms with Crippen molar-refractivity contribution in [3.8, 4) is 5.75 Å². The van der Waals surface area contributed by atoms with Gasteiger partial charge in [-0.3, -0.25) is 4.79 Å². The lowest BCUT2D eigenvalue weighted by atomic mass is 10.3. The number of carbonyl (C=O) groups excluding carboxylic acids is 1. The molecule has 0 atom stereocenters. The lowest BCUT2D eigenvalue weighted by Crippen LogP contribution is -2.10. The lowest BCUT2D eigenvalue weighted by molar-refractivity contribution is -0.115. The highest BCUT2D eigenvalue weighted by molar-refractivity contribution is 7.91. The van der Waals surface area contributed by atoms with Crippen molar-refractivity contribution in [1.29, 1.82) is 0 Å². The topological polar surface area (TPSA) is 72.5 Å². The van der Waals surface area contributed by atoms with E-state index in [1.807, 2.05) is 0 Å². The second kappa shape index (κ2) is 3.79. The van der Waals surface area contributed by atoms with Crippen molar-refractivity contribution in [2.45, 2.75) is 11.3 Å². The molecule has 0 bridgehead atoms. The lowest BCUT2D eigenvalue weighted by Gasteiger charge is -2.10. The first kappa shape index (κ1) is 10.9. The molecule has 1 aliphatic rings. The molecule has 1 amide bonds. The number of hydrogen-bond donors (Lipinski definition) is 1. The second-order valence-corrected chi connectivity index (χ2v) is 5.50. The van der Waals surface area contributed by atoms with Gasteiger partial charge in [-0.1, -0.05) is 6.07 Å². The molecule has 1 aliphatic heterocycles. The van der Waals surface area contributed by atoms with E-state index < -0.39 is 9.84 Å². The van der Waals surface area contributed by atoms with Crippen molar-refractivity contribution in [2.24, 2.45) is 0 Å². The number of methoxy groups -OCH3 is 1. The summed E-state index contributed by atoms with van der Waals surface area (Å²) in [4.78, 5) is 11.4. The largest absolute Gasteiger partial charge is 0.495 e. The fourth-order valence-corrected chi connectivity index (χ4v) is 3.21. The summed E-state index contributed by atoms with van der Waals surface area (Å²) in [6.45, 7) is 0. The molecule has 0 fully saturated rings. The van der Waals surface area contributed by atoms with Crippen LogP contribution >= 0.6 is 0 Å². The molecule has 0 aliphatic carbocycles. The van der Waals surface area contributed by atoms with Crippen LogP contribution in [0.3, 0.4) is 0 Å². The maximum absolute atomic E-state index is 11.9. The van der Waals surface area contributed by atoms with E-state index in [-0.39, 0.29) is 28.7 Å². The van der Waals surface area contributed by atoms with Crippen molar-refractivity contribution in [3.05, 3.63) is 18.2 Å². The molecule has 0 saturated carbocycles. The van der Waals surface area contributed by atoms with E-state index in [1.54, 1.807) is 18.2 Å². The number of amides is 1. The highest BCUT2D eigenvalue weighted by atomic mass is 32.2. The smallest absolute Gasteiger partial charge is 0.225 e. The molecule has 1 heterocycles. The highest BCUT2D eigenvalue weighted by Gasteiger charge is 2.28. The van der Waals surface area contributed by atoms with Crippen LogP contribution in [0.4, 0.5) is 5.69 Å². The number of nitrogens with one attached hydrogen (secondary N) is 1. The van der Waals surface area contributed by atoms with E-state index in [9.17, 15) is 13.2 Å². The number of anilines is 1. The fourth-order valence-electron chi connectivity index (χ4n) is 1.64. The summed E-state index contributed by atoms with van der Waals surface area (Å²) in [5.74, 6) is -0.220. The minimum atomic E-state index is -3.46. The van der Waals surface area contributed by atoms with Crippen molar-refractivity contribution < 1.29 is 17.9 Å². The van der Waals surface area contributed by atoms with Crippen LogP contribution in [0.2, 0.25) is 0 Å². The number of fused-ring (bicyclic) bond motifs is 1. The van der Waals surface area contributed by atoms with Gasteiger partial charge in [0.25, 0.3) is 0 Å². The van der Waals surface area contributed by atoms with E-state index in [0.29, 0.717) is 5.69 Å². The molecule has 86 valence electrons. The average molecular weight is 241 g/mol. The van der Waals surface area contributed by atoms with Crippen molar-refractivity contribution in [1.82, 2.24) is 0 Å². The number of hydrogen-bond acceptors (Lipinski definition) is 4. The number of carbonyl (C=O) groups is 1. The summed E-state index contributed by atoms with van der Waals surface area (Å²) >= 11 is 0. The predicted octanol–water partition coefficient (Wildman–Crippen LogP) is 0.811. The molecule has 1 N–H and O–H groups in total. The van der Waals surface area contributed by atoms with E-state index >= 15 is 0 Å². The first-order valence-electron chi connectivity index (χ1n) is 4.74. The molecule has 1 aromatic carbocycles. The molecular formula is C10H11NO4S. The fraction of sp³-hybridized carbons (Fsp3) is 0.300. The summed E-state index contributed by atoms with van der Waals surface area (Å²) in [6, 6.07) is 4.76. The molecule has 0 spiro atoms. The van der Waals surface area contributed by atoms with Gasteiger partial charge in [0.15, 0.2) is 9.84 Å².